The van der Waals surface area contributed by atoms with Crippen LogP contribution in [0.5, 0.6) is 0 Å². The van der Waals surface area contributed by atoms with Crippen LogP contribution in [0.4, 0.5) is 0 Å². The van der Waals surface area contributed by atoms with Crippen molar-refractivity contribution in [2.45, 2.75) is 0 Å². The van der Waals surface area contributed by atoms with Gasteiger partial charge in [0.25, 0.3) is 0 Å². The molecule has 0 unspecified atom stereocenters. The van der Waals surface area contributed by atoms with Crippen LogP contribution in [0.1, 0.15) is 0 Å². The number of hydrogen-bond donors (Lipinski definition) is 2. The van der Waals surface area contributed by atoms with Gasteiger partial charge in [-0.3, -0.25) is 10.3 Å². The summed E-state index contributed by atoms with van der Waals surface area (Å²) < 4.78 is 0. The average molecular weight is 126 g/mol. The maximum absolute atomic E-state index is 8.78. The normalized spacial score (nSPS) is 18.0. The third kappa shape index (κ3) is 1.55. The highest BCUT2D eigenvalue weighted by atomic mass is 16.5. The van der Waals surface area contributed by atoms with E-state index in [2.05, 4.69) is 0 Å². The van der Waals surface area contributed by atoms with Gasteiger partial charge in [0.15, 0.2) is 0 Å². The van der Waals surface area contributed by atoms with E-state index in [0.29, 0.717) is 13.1 Å². The summed E-state index contributed by atoms with van der Waals surface area (Å²) in [5, 5.41) is 9.89. The van der Waals surface area contributed by atoms with Crippen LogP contribution < -0.4 is 5.73 Å². The fourth-order valence-electron chi connectivity index (χ4n) is 0.673. The average Bonchev–Trinajstić information content (AvgIpc) is 1.90. The molecule has 0 radical (unpaired) electrons. The SMILES string of the molecule is NCC1=CCN(O)C=C1. The predicted molar refractivity (Wildman–Crippen MR) is 34.8 cm³/mol. The van der Waals surface area contributed by atoms with Crippen LogP contribution in [0.3, 0.4) is 0 Å². The maximum atomic E-state index is 8.78. The second kappa shape index (κ2) is 2.66. The van der Waals surface area contributed by atoms with Crippen molar-refractivity contribution in [1.29, 1.82) is 0 Å². The molecule has 0 aromatic heterocycles. The van der Waals surface area contributed by atoms with Crippen LogP contribution in [0.25, 0.3) is 0 Å². The van der Waals surface area contributed by atoms with E-state index in [-0.39, 0.29) is 0 Å². The summed E-state index contributed by atoms with van der Waals surface area (Å²) in [4.78, 5) is 0. The van der Waals surface area contributed by atoms with Crippen LogP contribution in [0.2, 0.25) is 0 Å². The second-order valence-corrected chi connectivity index (χ2v) is 1.92. The maximum Gasteiger partial charge on any atom is 0.0633 e. The van der Waals surface area contributed by atoms with Crippen molar-refractivity contribution in [2.75, 3.05) is 13.1 Å². The Morgan fingerprint density at radius 3 is 3.00 bits per heavy atom. The Labute approximate surface area is 54.0 Å². The molecule has 0 aromatic carbocycles. The first-order chi connectivity index (χ1) is 4.33. The molecule has 1 aliphatic heterocycles. The lowest BCUT2D eigenvalue weighted by atomic mass is 10.2. The molecular formula is C6H10N2O. The molecular weight excluding hydrogens is 116 g/mol. The molecule has 1 rings (SSSR count). The van der Waals surface area contributed by atoms with Gasteiger partial charge in [0, 0.05) is 12.7 Å². The number of nitrogens with zero attached hydrogens (tertiary/aromatic N) is 1. The van der Waals surface area contributed by atoms with Gasteiger partial charge in [-0.1, -0.05) is 6.08 Å². The summed E-state index contributed by atoms with van der Waals surface area (Å²) in [6.45, 7) is 1.09. The summed E-state index contributed by atoms with van der Waals surface area (Å²) in [5.74, 6) is 0. The summed E-state index contributed by atoms with van der Waals surface area (Å²) in [7, 11) is 0. The van der Waals surface area contributed by atoms with E-state index in [1.165, 1.54) is 0 Å². The molecule has 0 amide bonds. The molecule has 9 heavy (non-hydrogen) atoms. The first-order valence-electron chi connectivity index (χ1n) is 2.86. The predicted octanol–water partition coefficient (Wildman–Crippen LogP) is 0.0900. The van der Waals surface area contributed by atoms with Crippen molar-refractivity contribution < 1.29 is 5.21 Å². The summed E-state index contributed by atoms with van der Waals surface area (Å²) in [6, 6.07) is 0. The third-order valence-corrected chi connectivity index (χ3v) is 1.24. The van der Waals surface area contributed by atoms with Gasteiger partial charge in [-0.25, -0.2) is 0 Å². The van der Waals surface area contributed by atoms with Gasteiger partial charge in [0.1, 0.15) is 0 Å². The summed E-state index contributed by atoms with van der Waals surface area (Å²) >= 11 is 0. The van der Waals surface area contributed by atoms with Crippen LogP contribution in [-0.2, 0) is 0 Å². The lowest BCUT2D eigenvalue weighted by Crippen LogP contribution is -2.16. The molecule has 0 aromatic rings. The fraction of sp³-hybridized carbons (Fsp3) is 0.333. The fourth-order valence-corrected chi connectivity index (χ4v) is 0.673. The number of hydroxylamine groups is 2. The van der Waals surface area contributed by atoms with E-state index in [1.807, 2.05) is 6.08 Å². The minimum absolute atomic E-state index is 0.545. The van der Waals surface area contributed by atoms with E-state index < -0.39 is 0 Å². The van der Waals surface area contributed by atoms with Gasteiger partial charge >= 0.3 is 0 Å². The quantitative estimate of drug-likeness (QED) is 0.523. The van der Waals surface area contributed by atoms with Gasteiger partial charge in [0.05, 0.1) is 6.54 Å². The van der Waals surface area contributed by atoms with Crippen LogP contribution in [-0.4, -0.2) is 23.4 Å². The third-order valence-electron chi connectivity index (χ3n) is 1.24. The molecule has 3 nitrogen and oxygen atoms in total. The molecule has 1 aliphatic rings. The zero-order valence-electron chi connectivity index (χ0n) is 5.12. The molecule has 0 bridgehead atoms. The molecule has 0 atom stereocenters. The molecule has 0 saturated carbocycles. The molecule has 0 saturated heterocycles. The lowest BCUT2D eigenvalue weighted by molar-refractivity contribution is -0.0306. The highest BCUT2D eigenvalue weighted by molar-refractivity contribution is 5.22. The molecule has 0 aliphatic carbocycles. The molecule has 0 fully saturated rings. The first-order valence-corrected chi connectivity index (χ1v) is 2.86. The lowest BCUT2D eigenvalue weighted by Gasteiger charge is -2.13. The highest BCUT2D eigenvalue weighted by Crippen LogP contribution is 2.01. The number of hydrogen-bond acceptors (Lipinski definition) is 3. The van der Waals surface area contributed by atoms with E-state index >= 15 is 0 Å². The highest BCUT2D eigenvalue weighted by Gasteiger charge is 1.97. The van der Waals surface area contributed by atoms with Crippen molar-refractivity contribution in [3.8, 4) is 0 Å². The van der Waals surface area contributed by atoms with Crippen LogP contribution >= 0.6 is 0 Å². The zero-order valence-corrected chi connectivity index (χ0v) is 5.12. The summed E-state index contributed by atoms with van der Waals surface area (Å²) in [5.41, 5.74) is 6.40. The van der Waals surface area contributed by atoms with E-state index in [9.17, 15) is 0 Å². The van der Waals surface area contributed by atoms with E-state index in [0.717, 1.165) is 10.6 Å². The van der Waals surface area contributed by atoms with E-state index in [4.69, 9.17) is 10.9 Å². The zero-order chi connectivity index (χ0) is 6.69. The van der Waals surface area contributed by atoms with Crippen molar-refractivity contribution in [3.63, 3.8) is 0 Å². The monoisotopic (exact) mass is 126 g/mol. The Balaban J connectivity index is 2.52. The van der Waals surface area contributed by atoms with Crippen molar-refractivity contribution in [1.82, 2.24) is 5.06 Å². The van der Waals surface area contributed by atoms with Crippen LogP contribution in [0, 0.1) is 0 Å². The number of nitrogens with two attached hydrogens (primary N) is 1. The second-order valence-electron chi connectivity index (χ2n) is 1.92. The molecule has 3 N–H and O–H groups in total. The number of rotatable bonds is 1. The van der Waals surface area contributed by atoms with Crippen LogP contribution in [0.15, 0.2) is 23.9 Å². The first kappa shape index (κ1) is 6.32. The Hall–Kier alpha value is -0.800. The standard InChI is InChI=1S/C6H10N2O/c7-5-6-1-3-8(9)4-2-6/h1-3,9H,4-5,7H2. The summed E-state index contributed by atoms with van der Waals surface area (Å²) in [6.07, 6.45) is 5.28. The Morgan fingerprint density at radius 1 is 1.78 bits per heavy atom. The van der Waals surface area contributed by atoms with Gasteiger partial charge in [-0.15, -0.1) is 0 Å². The Bertz CT molecular complexity index is 151. The van der Waals surface area contributed by atoms with Gasteiger partial charge in [0.2, 0.25) is 0 Å². The molecule has 50 valence electrons. The minimum atomic E-state index is 0.545. The van der Waals surface area contributed by atoms with Crippen molar-refractivity contribution in [2.24, 2.45) is 5.73 Å². The Morgan fingerprint density at radius 2 is 2.56 bits per heavy atom. The topological polar surface area (TPSA) is 49.5 Å². The van der Waals surface area contributed by atoms with E-state index in [1.54, 1.807) is 12.3 Å². The minimum Gasteiger partial charge on any atom is -0.327 e. The van der Waals surface area contributed by atoms with Gasteiger partial charge < -0.3 is 5.73 Å². The van der Waals surface area contributed by atoms with Crippen molar-refractivity contribution in [3.05, 3.63) is 23.9 Å². The smallest absolute Gasteiger partial charge is 0.0633 e. The van der Waals surface area contributed by atoms with Crippen molar-refractivity contribution >= 4 is 0 Å². The van der Waals surface area contributed by atoms with Gasteiger partial charge in [-0.05, 0) is 11.6 Å². The van der Waals surface area contributed by atoms with Gasteiger partial charge in [-0.2, -0.15) is 0 Å². The molecule has 1 heterocycles. The largest absolute Gasteiger partial charge is 0.327 e. The molecule has 0 spiro atoms. The molecule has 3 heteroatoms. The Kier molecular flexibility index (Phi) is 1.87.